The van der Waals surface area contributed by atoms with Gasteiger partial charge in [-0.15, -0.1) is 24.0 Å². The van der Waals surface area contributed by atoms with E-state index in [-0.39, 0.29) is 24.0 Å². The van der Waals surface area contributed by atoms with Crippen molar-refractivity contribution >= 4 is 36.0 Å². The van der Waals surface area contributed by atoms with Gasteiger partial charge in [0.1, 0.15) is 11.4 Å². The van der Waals surface area contributed by atoms with Gasteiger partial charge < -0.3 is 25.4 Å². The van der Waals surface area contributed by atoms with Crippen LogP contribution in [0.2, 0.25) is 0 Å². The molecule has 0 saturated heterocycles. The summed E-state index contributed by atoms with van der Waals surface area (Å²) in [6, 6.07) is 7.80. The Hall–Kier alpha value is -1.71. The molecule has 0 aromatic heterocycles. The number of guanidine groups is 1. The van der Waals surface area contributed by atoms with Crippen LogP contribution in [0, 0.1) is 0 Å². The Kier molecular flexibility index (Phi) is 10.5. The van der Waals surface area contributed by atoms with E-state index in [4.69, 9.17) is 9.47 Å². The summed E-state index contributed by atoms with van der Waals surface area (Å²) in [4.78, 5) is 16.2. The minimum Gasteiger partial charge on any atom is -0.496 e. The lowest BCUT2D eigenvalue weighted by Gasteiger charge is -2.29. The Morgan fingerprint density at radius 1 is 1.11 bits per heavy atom. The Balaban J connectivity index is 0.00000676. The zero-order chi connectivity index (χ0) is 19.8. The molecule has 0 aliphatic heterocycles. The number of alkyl carbamates (subject to hydrolysis) is 1. The second-order valence-corrected chi connectivity index (χ2v) is 7.60. The van der Waals surface area contributed by atoms with Crippen LogP contribution in [0.3, 0.4) is 0 Å². The van der Waals surface area contributed by atoms with Crippen LogP contribution in [-0.2, 0) is 11.3 Å². The number of para-hydroxylation sites is 1. The number of halogens is 1. The first-order valence-corrected chi connectivity index (χ1v) is 8.64. The quantitative estimate of drug-likeness (QED) is 0.323. The molecule has 0 atom stereocenters. The topological polar surface area (TPSA) is 84.0 Å². The lowest BCUT2D eigenvalue weighted by Crippen LogP contribution is -2.54. The number of methoxy groups -OCH3 is 1. The molecule has 0 unspecified atom stereocenters. The summed E-state index contributed by atoms with van der Waals surface area (Å²) in [5.74, 6) is 1.46. The van der Waals surface area contributed by atoms with Crippen LogP contribution in [0.15, 0.2) is 29.3 Å². The molecule has 0 radical (unpaired) electrons. The van der Waals surface area contributed by atoms with Crippen LogP contribution < -0.4 is 20.7 Å². The molecule has 0 spiro atoms. The number of hydrogen-bond acceptors (Lipinski definition) is 4. The molecule has 1 rings (SSSR count). The van der Waals surface area contributed by atoms with Crippen LogP contribution >= 0.6 is 24.0 Å². The molecule has 27 heavy (non-hydrogen) atoms. The molecule has 1 amide bonds. The van der Waals surface area contributed by atoms with Crippen molar-refractivity contribution in [2.45, 2.75) is 52.3 Å². The Labute approximate surface area is 179 Å². The second-order valence-electron chi connectivity index (χ2n) is 7.60. The third-order valence-corrected chi connectivity index (χ3v) is 3.40. The van der Waals surface area contributed by atoms with E-state index in [0.29, 0.717) is 19.0 Å². The van der Waals surface area contributed by atoms with Crippen LogP contribution in [0.1, 0.15) is 40.2 Å². The molecular weight excluding hydrogens is 459 g/mol. The van der Waals surface area contributed by atoms with Gasteiger partial charge in [-0.05, 0) is 40.7 Å². The van der Waals surface area contributed by atoms with E-state index >= 15 is 0 Å². The second kappa shape index (κ2) is 11.2. The van der Waals surface area contributed by atoms with Crippen LogP contribution in [0.5, 0.6) is 5.75 Å². The lowest BCUT2D eigenvalue weighted by molar-refractivity contribution is 0.0474. The first-order chi connectivity index (χ1) is 12.1. The molecule has 0 aliphatic rings. The number of carbonyl (C=O) groups is 1. The van der Waals surface area contributed by atoms with E-state index in [9.17, 15) is 4.79 Å². The maximum Gasteiger partial charge on any atom is 0.408 e. The van der Waals surface area contributed by atoms with Crippen LogP contribution in [0.4, 0.5) is 4.79 Å². The highest BCUT2D eigenvalue weighted by molar-refractivity contribution is 14.0. The van der Waals surface area contributed by atoms with Crippen molar-refractivity contribution in [3.8, 4) is 5.75 Å². The van der Waals surface area contributed by atoms with Crippen molar-refractivity contribution in [1.29, 1.82) is 0 Å². The molecule has 0 saturated carbocycles. The standard InChI is InChI=1S/C19H32N4O3.HI/c1-18(2,3)26-17(24)23-19(4,5)13-22-16(20-6)21-12-14-10-8-9-11-15(14)25-7;/h8-11H,12-13H2,1-7H3,(H,23,24)(H2,20,21,22);1H. The summed E-state index contributed by atoms with van der Waals surface area (Å²) in [7, 11) is 3.35. The SMILES string of the molecule is CN=C(NCc1ccccc1OC)NCC(C)(C)NC(=O)OC(C)(C)C.I. The zero-order valence-corrected chi connectivity index (χ0v) is 19.6. The largest absolute Gasteiger partial charge is 0.496 e. The van der Waals surface area contributed by atoms with Gasteiger partial charge in [0.2, 0.25) is 0 Å². The van der Waals surface area contributed by atoms with Gasteiger partial charge in [0.15, 0.2) is 5.96 Å². The first-order valence-electron chi connectivity index (χ1n) is 8.64. The number of amides is 1. The van der Waals surface area contributed by atoms with Gasteiger partial charge in [0.05, 0.1) is 12.6 Å². The van der Waals surface area contributed by atoms with Gasteiger partial charge in [-0.2, -0.15) is 0 Å². The van der Waals surface area contributed by atoms with Gasteiger partial charge in [0, 0.05) is 25.7 Å². The number of nitrogens with zero attached hydrogens (tertiary/aromatic N) is 1. The van der Waals surface area contributed by atoms with E-state index < -0.39 is 17.2 Å². The average molecular weight is 492 g/mol. The number of ether oxygens (including phenoxy) is 2. The fourth-order valence-corrected chi connectivity index (χ4v) is 2.18. The molecule has 154 valence electrons. The Bertz CT molecular complexity index is 628. The van der Waals surface area contributed by atoms with Gasteiger partial charge >= 0.3 is 6.09 Å². The van der Waals surface area contributed by atoms with Crippen molar-refractivity contribution in [1.82, 2.24) is 16.0 Å². The van der Waals surface area contributed by atoms with Gasteiger partial charge in [-0.25, -0.2) is 4.79 Å². The van der Waals surface area contributed by atoms with Crippen LogP contribution in [0.25, 0.3) is 0 Å². The maximum absolute atomic E-state index is 11.9. The summed E-state index contributed by atoms with van der Waals surface area (Å²) >= 11 is 0. The van der Waals surface area contributed by atoms with Crippen LogP contribution in [-0.4, -0.2) is 43.9 Å². The van der Waals surface area contributed by atoms with Crippen molar-refractivity contribution in [2.24, 2.45) is 4.99 Å². The predicted octanol–water partition coefficient (Wildman–Crippen LogP) is 3.28. The minimum absolute atomic E-state index is 0. The summed E-state index contributed by atoms with van der Waals surface area (Å²) < 4.78 is 10.6. The molecule has 1 aromatic rings. The Morgan fingerprint density at radius 2 is 1.74 bits per heavy atom. The molecule has 0 fully saturated rings. The number of nitrogens with one attached hydrogen (secondary N) is 3. The molecule has 0 heterocycles. The van der Waals surface area contributed by atoms with E-state index in [0.717, 1.165) is 11.3 Å². The van der Waals surface area contributed by atoms with Gasteiger partial charge in [-0.1, -0.05) is 18.2 Å². The number of carbonyl (C=O) groups excluding carboxylic acids is 1. The lowest BCUT2D eigenvalue weighted by atomic mass is 10.1. The van der Waals surface area contributed by atoms with Crippen molar-refractivity contribution < 1.29 is 14.3 Å². The molecular formula is C19H33IN4O3. The highest BCUT2D eigenvalue weighted by Crippen LogP contribution is 2.16. The number of rotatable bonds is 6. The highest BCUT2D eigenvalue weighted by Gasteiger charge is 2.24. The van der Waals surface area contributed by atoms with E-state index in [1.807, 2.05) is 58.9 Å². The molecule has 0 aliphatic carbocycles. The smallest absolute Gasteiger partial charge is 0.408 e. The van der Waals surface area contributed by atoms with E-state index in [1.165, 1.54) is 0 Å². The molecule has 7 nitrogen and oxygen atoms in total. The summed E-state index contributed by atoms with van der Waals surface area (Å²) in [5.41, 5.74) is -0.00582. The molecule has 3 N–H and O–H groups in total. The normalized spacial score (nSPS) is 11.9. The first kappa shape index (κ1) is 25.3. The molecule has 8 heteroatoms. The third-order valence-electron chi connectivity index (χ3n) is 3.40. The third kappa shape index (κ3) is 10.3. The zero-order valence-electron chi connectivity index (χ0n) is 17.3. The minimum atomic E-state index is -0.528. The monoisotopic (exact) mass is 492 g/mol. The molecule has 1 aromatic carbocycles. The van der Waals surface area contributed by atoms with Crippen molar-refractivity contribution in [2.75, 3.05) is 20.7 Å². The predicted molar refractivity (Wildman–Crippen MR) is 120 cm³/mol. The van der Waals surface area contributed by atoms with Gasteiger partial charge in [-0.3, -0.25) is 4.99 Å². The maximum atomic E-state index is 11.9. The van der Waals surface area contributed by atoms with Crippen molar-refractivity contribution in [3.05, 3.63) is 29.8 Å². The summed E-state index contributed by atoms with van der Waals surface area (Å²) in [6.45, 7) is 10.4. The number of benzene rings is 1. The van der Waals surface area contributed by atoms with Crippen molar-refractivity contribution in [3.63, 3.8) is 0 Å². The van der Waals surface area contributed by atoms with Gasteiger partial charge in [0.25, 0.3) is 0 Å². The van der Waals surface area contributed by atoms with E-state index in [2.05, 4.69) is 20.9 Å². The summed E-state index contributed by atoms with van der Waals surface area (Å²) in [5, 5.41) is 9.31. The Morgan fingerprint density at radius 3 is 2.30 bits per heavy atom. The number of hydrogen-bond donors (Lipinski definition) is 3. The fourth-order valence-electron chi connectivity index (χ4n) is 2.18. The number of aliphatic imine (C=N–C) groups is 1. The van der Waals surface area contributed by atoms with E-state index in [1.54, 1.807) is 14.2 Å². The fraction of sp³-hybridized carbons (Fsp3) is 0.579. The summed E-state index contributed by atoms with van der Waals surface area (Å²) in [6.07, 6.45) is -0.443. The highest BCUT2D eigenvalue weighted by atomic mass is 127. The average Bonchev–Trinajstić information content (AvgIpc) is 2.52. The molecule has 0 bridgehead atoms.